The first-order chi connectivity index (χ1) is 6.60. The predicted molar refractivity (Wildman–Crippen MR) is 46.9 cm³/mol. The highest BCUT2D eigenvalue weighted by Crippen LogP contribution is 2.24. The van der Waals surface area contributed by atoms with Gasteiger partial charge in [0.05, 0.1) is 19.8 Å². The lowest BCUT2D eigenvalue weighted by molar-refractivity contribution is 0.267. The smallest absolute Gasteiger partial charge is 0.200 e. The van der Waals surface area contributed by atoms with Crippen molar-refractivity contribution in [2.75, 3.05) is 13.7 Å². The minimum atomic E-state index is -1.05. The van der Waals surface area contributed by atoms with E-state index >= 15 is 0 Å². The lowest BCUT2D eigenvalue weighted by atomic mass is 10.1. The fourth-order valence-corrected chi connectivity index (χ4v) is 1.05. The molecule has 1 aromatic carbocycles. The molecule has 3 nitrogen and oxygen atoms in total. The molecule has 0 aromatic heterocycles. The predicted octanol–water partition coefficient (Wildman–Crippen LogP) is 0.965. The summed E-state index contributed by atoms with van der Waals surface area (Å²) in [6, 6.07) is 1.47. The van der Waals surface area contributed by atoms with Gasteiger partial charge in [0.25, 0.3) is 0 Å². The zero-order valence-electron chi connectivity index (χ0n) is 7.63. The minimum absolute atomic E-state index is 0.219. The molecule has 0 heterocycles. The van der Waals surface area contributed by atoms with Crippen LogP contribution in [0.2, 0.25) is 0 Å². The van der Waals surface area contributed by atoms with E-state index in [9.17, 15) is 8.78 Å². The molecule has 1 aromatic rings. The zero-order chi connectivity index (χ0) is 10.7. The molecule has 0 aliphatic heterocycles. The Balaban J connectivity index is 3.16. The third-order valence-electron chi connectivity index (χ3n) is 1.86. The molecule has 1 unspecified atom stereocenters. The maximum Gasteiger partial charge on any atom is 0.200 e. The van der Waals surface area contributed by atoms with Crippen LogP contribution in [0.15, 0.2) is 12.1 Å². The summed E-state index contributed by atoms with van der Waals surface area (Å²) in [5.74, 6) is -2.31. The summed E-state index contributed by atoms with van der Waals surface area (Å²) in [5, 5.41) is 8.73. The zero-order valence-corrected chi connectivity index (χ0v) is 7.63. The Hall–Kier alpha value is -1.20. The minimum Gasteiger partial charge on any atom is -0.494 e. The van der Waals surface area contributed by atoms with Gasteiger partial charge in [0.2, 0.25) is 5.82 Å². The second-order valence-electron chi connectivity index (χ2n) is 2.81. The van der Waals surface area contributed by atoms with Gasteiger partial charge in [0.1, 0.15) is 0 Å². The number of methoxy groups -OCH3 is 1. The molecule has 0 saturated carbocycles. The van der Waals surface area contributed by atoms with Crippen molar-refractivity contribution in [3.8, 4) is 5.75 Å². The van der Waals surface area contributed by atoms with Crippen molar-refractivity contribution in [3.63, 3.8) is 0 Å². The number of halogens is 2. The van der Waals surface area contributed by atoms with Crippen LogP contribution in [-0.2, 0) is 0 Å². The average molecular weight is 203 g/mol. The molecule has 0 amide bonds. The van der Waals surface area contributed by atoms with Gasteiger partial charge in [-0.3, -0.25) is 0 Å². The van der Waals surface area contributed by atoms with Crippen molar-refractivity contribution in [3.05, 3.63) is 29.3 Å². The second kappa shape index (κ2) is 4.34. The number of aliphatic hydroxyl groups excluding tert-OH is 1. The van der Waals surface area contributed by atoms with Crippen molar-refractivity contribution >= 4 is 0 Å². The highest BCUT2D eigenvalue weighted by molar-refractivity contribution is 5.33. The van der Waals surface area contributed by atoms with E-state index in [-0.39, 0.29) is 12.4 Å². The molecule has 0 aliphatic rings. The molecular formula is C9H11F2NO2. The van der Waals surface area contributed by atoms with Crippen molar-refractivity contribution in [1.82, 2.24) is 0 Å². The largest absolute Gasteiger partial charge is 0.494 e. The molecule has 0 fully saturated rings. The van der Waals surface area contributed by atoms with Gasteiger partial charge in [-0.25, -0.2) is 4.39 Å². The number of aliphatic hydroxyl groups is 1. The average Bonchev–Trinajstić information content (AvgIpc) is 2.20. The van der Waals surface area contributed by atoms with E-state index in [2.05, 4.69) is 4.74 Å². The van der Waals surface area contributed by atoms with Crippen molar-refractivity contribution in [2.24, 2.45) is 5.73 Å². The molecule has 1 rings (SSSR count). The summed E-state index contributed by atoms with van der Waals surface area (Å²) < 4.78 is 30.5. The van der Waals surface area contributed by atoms with Crippen LogP contribution in [-0.4, -0.2) is 18.8 Å². The monoisotopic (exact) mass is 203 g/mol. The Kier molecular flexibility index (Phi) is 3.38. The molecule has 3 N–H and O–H groups in total. The summed E-state index contributed by atoms with van der Waals surface area (Å²) in [7, 11) is 1.23. The number of hydrogen-bond acceptors (Lipinski definition) is 3. The van der Waals surface area contributed by atoms with Crippen molar-refractivity contribution < 1.29 is 18.6 Å². The highest BCUT2D eigenvalue weighted by atomic mass is 19.2. The summed E-state index contributed by atoms with van der Waals surface area (Å²) in [6.07, 6.45) is 0. The van der Waals surface area contributed by atoms with Crippen LogP contribution < -0.4 is 10.5 Å². The molecule has 14 heavy (non-hydrogen) atoms. The molecule has 78 valence electrons. The fraction of sp³-hybridized carbons (Fsp3) is 0.333. The Bertz CT molecular complexity index is 331. The molecule has 0 spiro atoms. The Labute approximate surface area is 80.1 Å². The number of hydrogen-bond donors (Lipinski definition) is 2. The van der Waals surface area contributed by atoms with Crippen LogP contribution in [0.4, 0.5) is 8.78 Å². The van der Waals surface area contributed by atoms with E-state index in [1.807, 2.05) is 0 Å². The van der Waals surface area contributed by atoms with Gasteiger partial charge in [0, 0.05) is 0 Å². The van der Waals surface area contributed by atoms with E-state index in [0.29, 0.717) is 5.56 Å². The first kappa shape index (κ1) is 10.9. The third-order valence-corrected chi connectivity index (χ3v) is 1.86. The first-order valence-corrected chi connectivity index (χ1v) is 3.99. The van der Waals surface area contributed by atoms with Gasteiger partial charge in [0.15, 0.2) is 11.6 Å². The molecule has 5 heteroatoms. The summed E-state index contributed by atoms with van der Waals surface area (Å²) >= 11 is 0. The maximum atomic E-state index is 12.9. The summed E-state index contributed by atoms with van der Waals surface area (Å²) in [5.41, 5.74) is 5.74. The van der Waals surface area contributed by atoms with E-state index in [1.165, 1.54) is 13.2 Å². The normalized spacial score (nSPS) is 12.6. The van der Waals surface area contributed by atoms with Crippen LogP contribution in [0.25, 0.3) is 0 Å². The van der Waals surface area contributed by atoms with Crippen LogP contribution in [0, 0.1) is 11.6 Å². The Morgan fingerprint density at radius 3 is 2.64 bits per heavy atom. The number of rotatable bonds is 3. The highest BCUT2D eigenvalue weighted by Gasteiger charge is 2.14. The summed E-state index contributed by atoms with van der Waals surface area (Å²) in [6.45, 7) is -0.339. The van der Waals surface area contributed by atoms with E-state index in [0.717, 1.165) is 6.07 Å². The second-order valence-corrected chi connectivity index (χ2v) is 2.81. The molecule has 0 aliphatic carbocycles. The maximum absolute atomic E-state index is 12.9. The topological polar surface area (TPSA) is 55.5 Å². The van der Waals surface area contributed by atoms with Crippen LogP contribution in [0.1, 0.15) is 11.6 Å². The Morgan fingerprint density at radius 1 is 1.50 bits per heavy atom. The van der Waals surface area contributed by atoms with Gasteiger partial charge in [-0.2, -0.15) is 4.39 Å². The van der Waals surface area contributed by atoms with Gasteiger partial charge in [-0.05, 0) is 17.7 Å². The summed E-state index contributed by atoms with van der Waals surface area (Å²) in [4.78, 5) is 0. The van der Waals surface area contributed by atoms with Gasteiger partial charge < -0.3 is 15.6 Å². The molecule has 1 atom stereocenters. The van der Waals surface area contributed by atoms with Crippen LogP contribution >= 0.6 is 0 Å². The quantitative estimate of drug-likeness (QED) is 0.769. The molecule has 0 bridgehead atoms. The lowest BCUT2D eigenvalue weighted by Gasteiger charge is -2.11. The molecule has 0 radical (unpaired) electrons. The number of nitrogens with two attached hydrogens (primary N) is 1. The van der Waals surface area contributed by atoms with Gasteiger partial charge in [-0.15, -0.1) is 0 Å². The van der Waals surface area contributed by atoms with Gasteiger partial charge >= 0.3 is 0 Å². The lowest BCUT2D eigenvalue weighted by Crippen LogP contribution is -2.15. The molecule has 0 saturated heterocycles. The number of ether oxygens (including phenoxy) is 1. The van der Waals surface area contributed by atoms with Gasteiger partial charge in [-0.1, -0.05) is 0 Å². The SMILES string of the molecule is COc1cc(C(N)CO)cc(F)c1F. The number of benzene rings is 1. The standard InChI is InChI=1S/C9H11F2NO2/c1-14-8-3-5(7(12)4-13)2-6(10)9(8)11/h2-3,7,13H,4,12H2,1H3. The van der Waals surface area contributed by atoms with E-state index in [1.54, 1.807) is 0 Å². The van der Waals surface area contributed by atoms with Crippen molar-refractivity contribution in [2.45, 2.75) is 6.04 Å². The van der Waals surface area contributed by atoms with Crippen molar-refractivity contribution in [1.29, 1.82) is 0 Å². The first-order valence-electron chi connectivity index (χ1n) is 3.99. The van der Waals surface area contributed by atoms with E-state index < -0.39 is 17.7 Å². The fourth-order valence-electron chi connectivity index (χ4n) is 1.05. The van der Waals surface area contributed by atoms with Crippen LogP contribution in [0.5, 0.6) is 5.75 Å². The van der Waals surface area contributed by atoms with Crippen LogP contribution in [0.3, 0.4) is 0 Å². The van der Waals surface area contributed by atoms with E-state index in [4.69, 9.17) is 10.8 Å². The third kappa shape index (κ3) is 2.00. The molecular weight excluding hydrogens is 192 g/mol. The Morgan fingerprint density at radius 2 is 2.14 bits per heavy atom.